The third kappa shape index (κ3) is 5.19. The van der Waals surface area contributed by atoms with Gasteiger partial charge >= 0.3 is 5.97 Å². The summed E-state index contributed by atoms with van der Waals surface area (Å²) in [5, 5.41) is 9.48. The molecule has 0 aromatic carbocycles. The molecule has 0 aliphatic carbocycles. The van der Waals surface area contributed by atoms with Gasteiger partial charge in [0.1, 0.15) is 11.4 Å². The first-order valence-electron chi connectivity index (χ1n) is 8.41. The summed E-state index contributed by atoms with van der Waals surface area (Å²) >= 11 is 1.03. The molecule has 11 nitrogen and oxygen atoms in total. The molecule has 2 aromatic rings. The lowest BCUT2D eigenvalue weighted by molar-refractivity contribution is -0.113. The third-order valence-corrected chi connectivity index (χ3v) is 4.29. The second-order valence-corrected chi connectivity index (χ2v) is 6.28. The number of nitrogens with two attached hydrogens (primary N) is 1. The summed E-state index contributed by atoms with van der Waals surface area (Å²) in [4.78, 5) is 43.8. The molecular weight excluding hydrogens is 386 g/mol. The zero-order valence-electron chi connectivity index (χ0n) is 15.7. The Kier molecular flexibility index (Phi) is 7.32. The van der Waals surface area contributed by atoms with E-state index >= 15 is 0 Å². The Morgan fingerprint density at radius 3 is 2.68 bits per heavy atom. The number of carbonyl (C=O) groups is 3. The Balaban J connectivity index is 2.01. The van der Waals surface area contributed by atoms with Gasteiger partial charge in [0.2, 0.25) is 5.91 Å². The molecular formula is C16H21N7O4S. The fraction of sp³-hybridized carbons (Fsp3) is 0.375. The average Bonchev–Trinajstić information content (AvgIpc) is 3.08. The third-order valence-electron chi connectivity index (χ3n) is 3.43. The lowest BCUT2D eigenvalue weighted by Crippen LogP contribution is -2.22. The number of ether oxygens (including phenoxy) is 1. The number of aryl methyl sites for hydroxylation is 1. The highest BCUT2D eigenvalue weighted by Crippen LogP contribution is 2.19. The van der Waals surface area contributed by atoms with Crippen LogP contribution in [-0.4, -0.2) is 56.9 Å². The molecule has 0 aliphatic rings. The molecule has 0 fully saturated rings. The molecule has 2 amide bonds. The quantitative estimate of drug-likeness (QED) is 0.323. The van der Waals surface area contributed by atoms with Crippen LogP contribution in [0.3, 0.4) is 0 Å². The van der Waals surface area contributed by atoms with E-state index in [-0.39, 0.29) is 40.5 Å². The Labute approximate surface area is 165 Å². The molecule has 0 saturated carbocycles. The van der Waals surface area contributed by atoms with Crippen molar-refractivity contribution in [3.63, 3.8) is 0 Å². The van der Waals surface area contributed by atoms with Gasteiger partial charge in [0, 0.05) is 26.0 Å². The normalized spacial score (nSPS) is 10.4. The van der Waals surface area contributed by atoms with Crippen molar-refractivity contribution < 1.29 is 19.1 Å². The number of amides is 2. The number of thioether (sulfide) groups is 1. The second kappa shape index (κ2) is 9.69. The van der Waals surface area contributed by atoms with Gasteiger partial charge in [0.15, 0.2) is 10.9 Å². The molecule has 0 radical (unpaired) electrons. The Morgan fingerprint density at radius 1 is 1.32 bits per heavy atom. The first-order valence-corrected chi connectivity index (χ1v) is 9.39. The number of nitrogens with zero attached hydrogens (tertiary/aromatic N) is 4. The fourth-order valence-electron chi connectivity index (χ4n) is 2.09. The van der Waals surface area contributed by atoms with E-state index in [2.05, 4.69) is 25.7 Å². The van der Waals surface area contributed by atoms with Crippen molar-refractivity contribution in [1.29, 1.82) is 0 Å². The first kappa shape index (κ1) is 21.2. The summed E-state index contributed by atoms with van der Waals surface area (Å²) < 4.78 is 6.40. The molecule has 0 aliphatic heterocycles. The van der Waals surface area contributed by atoms with Gasteiger partial charge in [0.05, 0.1) is 18.0 Å². The zero-order valence-corrected chi connectivity index (χ0v) is 16.5. The van der Waals surface area contributed by atoms with E-state index in [4.69, 9.17) is 10.5 Å². The number of nitrogens with one attached hydrogen (secondary N) is 2. The minimum atomic E-state index is -0.607. The van der Waals surface area contributed by atoms with Gasteiger partial charge in [-0.3, -0.25) is 14.3 Å². The van der Waals surface area contributed by atoms with Crippen molar-refractivity contribution in [2.75, 3.05) is 30.5 Å². The molecule has 4 N–H and O–H groups in total. The maximum atomic E-state index is 12.2. The van der Waals surface area contributed by atoms with Crippen molar-refractivity contribution >= 4 is 41.1 Å². The Bertz CT molecular complexity index is 884. The Morgan fingerprint density at radius 2 is 2.07 bits per heavy atom. The smallest absolute Gasteiger partial charge is 0.343 e. The van der Waals surface area contributed by atoms with Crippen LogP contribution in [0.25, 0.3) is 0 Å². The first-order chi connectivity index (χ1) is 13.4. The van der Waals surface area contributed by atoms with Crippen molar-refractivity contribution in [2.45, 2.75) is 25.5 Å². The second-order valence-electron chi connectivity index (χ2n) is 5.34. The Hall–Kier alpha value is -3.15. The number of esters is 1. The fourth-order valence-corrected chi connectivity index (χ4v) is 2.71. The van der Waals surface area contributed by atoms with Gasteiger partial charge in [-0.05, 0) is 13.8 Å². The lowest BCUT2D eigenvalue weighted by Gasteiger charge is -2.06. The molecule has 0 spiro atoms. The largest absolute Gasteiger partial charge is 0.462 e. The topological polar surface area (TPSA) is 154 Å². The molecule has 2 heterocycles. The summed E-state index contributed by atoms with van der Waals surface area (Å²) in [6, 6.07) is 0. The van der Waals surface area contributed by atoms with Crippen LogP contribution in [0.1, 0.15) is 34.7 Å². The zero-order chi connectivity index (χ0) is 20.7. The van der Waals surface area contributed by atoms with Crippen molar-refractivity contribution in [2.24, 2.45) is 0 Å². The predicted molar refractivity (Wildman–Crippen MR) is 103 cm³/mol. The van der Waals surface area contributed by atoms with Crippen molar-refractivity contribution in [1.82, 2.24) is 25.1 Å². The molecule has 28 heavy (non-hydrogen) atoms. The van der Waals surface area contributed by atoms with Crippen LogP contribution in [0.5, 0.6) is 0 Å². The van der Waals surface area contributed by atoms with Crippen LogP contribution in [0.15, 0.2) is 17.6 Å². The van der Waals surface area contributed by atoms with Crippen LogP contribution in [0, 0.1) is 0 Å². The van der Waals surface area contributed by atoms with E-state index in [1.54, 1.807) is 17.8 Å². The highest BCUT2D eigenvalue weighted by Gasteiger charge is 2.18. The van der Waals surface area contributed by atoms with E-state index in [9.17, 15) is 14.4 Å². The number of carbonyl (C=O) groups excluding carboxylic acids is 3. The van der Waals surface area contributed by atoms with Crippen LogP contribution in [0.2, 0.25) is 0 Å². The maximum absolute atomic E-state index is 12.2. The lowest BCUT2D eigenvalue weighted by atomic mass is 10.3. The maximum Gasteiger partial charge on any atom is 0.343 e. The molecule has 12 heteroatoms. The van der Waals surface area contributed by atoms with E-state index < -0.39 is 11.9 Å². The van der Waals surface area contributed by atoms with Gasteiger partial charge in [-0.2, -0.15) is 5.10 Å². The summed E-state index contributed by atoms with van der Waals surface area (Å²) in [7, 11) is 1.48. The number of hydrogen-bond donors (Lipinski definition) is 3. The monoisotopic (exact) mass is 407 g/mol. The molecule has 0 bridgehead atoms. The molecule has 2 aromatic heterocycles. The van der Waals surface area contributed by atoms with Gasteiger partial charge < -0.3 is 21.1 Å². The van der Waals surface area contributed by atoms with Crippen LogP contribution in [-0.2, 0) is 16.1 Å². The predicted octanol–water partition coefficient (Wildman–Crippen LogP) is 0.542. The summed E-state index contributed by atoms with van der Waals surface area (Å²) in [6.45, 7) is 4.30. The van der Waals surface area contributed by atoms with E-state index in [1.807, 2.05) is 6.92 Å². The highest BCUT2D eigenvalue weighted by molar-refractivity contribution is 7.99. The summed E-state index contributed by atoms with van der Waals surface area (Å²) in [6.07, 6.45) is 2.84. The van der Waals surface area contributed by atoms with Crippen molar-refractivity contribution in [3.05, 3.63) is 23.7 Å². The van der Waals surface area contributed by atoms with Crippen LogP contribution < -0.4 is 16.4 Å². The van der Waals surface area contributed by atoms with Gasteiger partial charge in [0.25, 0.3) is 5.91 Å². The van der Waals surface area contributed by atoms with Gasteiger partial charge in [-0.25, -0.2) is 14.8 Å². The standard InChI is InChI=1S/C16H21N7O4S/c1-4-23-7-10(12(22-23)14(25)18-3)20-11(24)8-28-16-19-6-9(13(17)21-16)15(26)27-5-2/h6-7H,4-5,8H2,1-3H3,(H,18,25)(H,20,24)(H2,17,19,21). The molecule has 0 saturated heterocycles. The van der Waals surface area contributed by atoms with E-state index in [0.29, 0.717) is 12.2 Å². The molecule has 2 rings (SSSR count). The van der Waals surface area contributed by atoms with Crippen LogP contribution >= 0.6 is 11.8 Å². The van der Waals surface area contributed by atoms with Crippen molar-refractivity contribution in [3.8, 4) is 0 Å². The molecule has 0 atom stereocenters. The summed E-state index contributed by atoms with van der Waals surface area (Å²) in [5.41, 5.74) is 6.25. The van der Waals surface area contributed by atoms with Crippen LogP contribution in [0.4, 0.5) is 11.5 Å². The van der Waals surface area contributed by atoms with Gasteiger partial charge in [-0.15, -0.1) is 0 Å². The highest BCUT2D eigenvalue weighted by atomic mass is 32.2. The van der Waals surface area contributed by atoms with E-state index in [0.717, 1.165) is 11.8 Å². The number of rotatable bonds is 8. The molecule has 150 valence electrons. The minimum Gasteiger partial charge on any atom is -0.462 e. The number of nitrogen functional groups attached to an aromatic ring is 1. The average molecular weight is 407 g/mol. The SMILES string of the molecule is CCOC(=O)c1cnc(SCC(=O)Nc2cn(CC)nc2C(=O)NC)nc1N. The van der Waals surface area contributed by atoms with Gasteiger partial charge in [-0.1, -0.05) is 11.8 Å². The number of aromatic nitrogens is 4. The molecule has 0 unspecified atom stereocenters. The number of anilines is 2. The number of hydrogen-bond acceptors (Lipinski definition) is 9. The van der Waals surface area contributed by atoms with E-state index in [1.165, 1.54) is 13.2 Å². The minimum absolute atomic E-state index is 0.0251. The summed E-state index contributed by atoms with van der Waals surface area (Å²) in [5.74, 6) is -1.43.